The van der Waals surface area contributed by atoms with Gasteiger partial charge in [0.2, 0.25) is 0 Å². The van der Waals surface area contributed by atoms with Gasteiger partial charge in [0.1, 0.15) is 0 Å². The number of carbonyl (C=O) groups is 2. The first kappa shape index (κ1) is 14.9. The highest BCUT2D eigenvalue weighted by atomic mass is 32.1. The maximum absolute atomic E-state index is 12.2. The molecule has 5 heteroatoms. The molecule has 0 saturated heterocycles. The van der Waals surface area contributed by atoms with Crippen LogP contribution < -0.4 is 5.32 Å². The third-order valence-corrected chi connectivity index (χ3v) is 3.53. The van der Waals surface area contributed by atoms with Gasteiger partial charge in [0, 0.05) is 6.42 Å². The van der Waals surface area contributed by atoms with E-state index in [-0.39, 0.29) is 18.2 Å². The molecule has 0 saturated carbocycles. The van der Waals surface area contributed by atoms with Gasteiger partial charge in [-0.1, -0.05) is 19.4 Å². The molecule has 0 aliphatic heterocycles. The number of carboxylic acids is 1. The lowest BCUT2D eigenvalue weighted by atomic mass is 10.1. The summed E-state index contributed by atoms with van der Waals surface area (Å²) in [6.45, 7) is 2.83. The molecule has 0 aromatic carbocycles. The molecule has 4 nitrogen and oxygen atoms in total. The first-order chi connectivity index (χ1) is 8.65. The van der Waals surface area contributed by atoms with E-state index >= 15 is 0 Å². The lowest BCUT2D eigenvalue weighted by molar-refractivity contribution is -0.137. The number of unbranched alkanes of at least 4 members (excludes halogenated alkanes) is 1. The van der Waals surface area contributed by atoms with Crippen molar-refractivity contribution in [1.82, 2.24) is 5.32 Å². The number of carbonyl (C=O) groups excluding carboxylic acids is 1. The van der Waals surface area contributed by atoms with E-state index in [1.165, 1.54) is 11.3 Å². The summed E-state index contributed by atoms with van der Waals surface area (Å²) < 4.78 is 0. The van der Waals surface area contributed by atoms with Crippen molar-refractivity contribution in [2.75, 3.05) is 6.54 Å². The normalized spacial score (nSPS) is 12.3. The van der Waals surface area contributed by atoms with E-state index in [9.17, 15) is 9.59 Å². The van der Waals surface area contributed by atoms with E-state index in [4.69, 9.17) is 5.11 Å². The van der Waals surface area contributed by atoms with Gasteiger partial charge in [0.05, 0.1) is 10.9 Å². The lowest BCUT2D eigenvalue weighted by Gasteiger charge is -2.15. The van der Waals surface area contributed by atoms with Gasteiger partial charge in [-0.2, -0.15) is 0 Å². The predicted molar refractivity (Wildman–Crippen MR) is 72.2 cm³/mol. The Labute approximate surface area is 111 Å². The Bertz CT molecular complexity index is 376. The molecule has 1 heterocycles. The number of hydrogen-bond acceptors (Lipinski definition) is 4. The second-order valence-corrected chi connectivity index (χ2v) is 5.08. The van der Waals surface area contributed by atoms with Gasteiger partial charge in [-0.3, -0.25) is 9.59 Å². The Morgan fingerprint density at radius 1 is 1.50 bits per heavy atom. The zero-order chi connectivity index (χ0) is 13.4. The Hall–Kier alpha value is -1.20. The second-order valence-electron chi connectivity index (χ2n) is 4.13. The summed E-state index contributed by atoms with van der Waals surface area (Å²) in [6.07, 6.45) is 2.39. The number of ketones is 1. The van der Waals surface area contributed by atoms with Crippen molar-refractivity contribution >= 4 is 23.1 Å². The minimum absolute atomic E-state index is 0.00218. The third kappa shape index (κ3) is 4.98. The Kier molecular flexibility index (Phi) is 6.60. The summed E-state index contributed by atoms with van der Waals surface area (Å²) in [5.74, 6) is -0.862. The largest absolute Gasteiger partial charge is 0.481 e. The van der Waals surface area contributed by atoms with E-state index < -0.39 is 5.97 Å². The third-order valence-electron chi connectivity index (χ3n) is 2.65. The minimum atomic E-state index is -0.865. The van der Waals surface area contributed by atoms with Crippen molar-refractivity contribution in [1.29, 1.82) is 0 Å². The Balaban J connectivity index is 2.57. The van der Waals surface area contributed by atoms with Crippen molar-refractivity contribution in [3.05, 3.63) is 22.4 Å². The Morgan fingerprint density at radius 3 is 2.83 bits per heavy atom. The molecule has 0 aliphatic carbocycles. The standard InChI is InChI=1S/C13H19NO3S/c1-2-3-8-14-10(6-7-12(15)16)13(17)11-5-4-9-18-11/h4-5,9-10,14H,2-3,6-8H2,1H3,(H,15,16). The zero-order valence-electron chi connectivity index (χ0n) is 10.5. The van der Waals surface area contributed by atoms with E-state index in [0.717, 1.165) is 19.4 Å². The van der Waals surface area contributed by atoms with Crippen LogP contribution >= 0.6 is 11.3 Å². The minimum Gasteiger partial charge on any atom is -0.481 e. The van der Waals surface area contributed by atoms with Gasteiger partial charge in [-0.25, -0.2) is 0 Å². The SMILES string of the molecule is CCCCNC(CCC(=O)O)C(=O)c1cccs1. The van der Waals surface area contributed by atoms with Crippen LogP contribution in [0.1, 0.15) is 42.3 Å². The molecular weight excluding hydrogens is 250 g/mol. The molecule has 1 unspecified atom stereocenters. The Morgan fingerprint density at radius 2 is 2.28 bits per heavy atom. The summed E-state index contributed by atoms with van der Waals surface area (Å²) in [6, 6.07) is 3.23. The van der Waals surface area contributed by atoms with Crippen LogP contribution in [0.2, 0.25) is 0 Å². The zero-order valence-corrected chi connectivity index (χ0v) is 11.3. The van der Waals surface area contributed by atoms with Gasteiger partial charge in [0.25, 0.3) is 0 Å². The van der Waals surface area contributed by atoms with Crippen LogP contribution in [0.15, 0.2) is 17.5 Å². The first-order valence-corrected chi connectivity index (χ1v) is 7.06. The first-order valence-electron chi connectivity index (χ1n) is 6.18. The molecule has 0 aliphatic rings. The molecule has 0 bridgehead atoms. The summed E-state index contributed by atoms with van der Waals surface area (Å²) in [7, 11) is 0. The number of carboxylic acid groups (broad SMARTS) is 1. The quantitative estimate of drug-likeness (QED) is 0.534. The number of rotatable bonds is 9. The molecule has 0 fully saturated rings. The monoisotopic (exact) mass is 269 g/mol. The van der Waals surface area contributed by atoms with Gasteiger partial charge < -0.3 is 10.4 Å². The van der Waals surface area contributed by atoms with E-state index in [2.05, 4.69) is 12.2 Å². The number of thiophene rings is 1. The van der Waals surface area contributed by atoms with Crippen molar-refractivity contribution in [3.63, 3.8) is 0 Å². The van der Waals surface area contributed by atoms with Crippen LogP contribution in [-0.4, -0.2) is 29.4 Å². The molecule has 1 atom stereocenters. The lowest BCUT2D eigenvalue weighted by Crippen LogP contribution is -2.37. The van der Waals surface area contributed by atoms with Crippen LogP contribution in [-0.2, 0) is 4.79 Å². The molecule has 0 radical (unpaired) electrons. The smallest absolute Gasteiger partial charge is 0.303 e. The number of aliphatic carboxylic acids is 1. The molecule has 2 N–H and O–H groups in total. The van der Waals surface area contributed by atoms with Gasteiger partial charge in [-0.15, -0.1) is 11.3 Å². The van der Waals surface area contributed by atoms with Crippen LogP contribution in [0, 0.1) is 0 Å². The fourth-order valence-electron chi connectivity index (χ4n) is 1.64. The van der Waals surface area contributed by atoms with E-state index in [1.807, 2.05) is 11.4 Å². The number of nitrogens with one attached hydrogen (secondary N) is 1. The fraction of sp³-hybridized carbons (Fsp3) is 0.538. The maximum Gasteiger partial charge on any atom is 0.303 e. The van der Waals surface area contributed by atoms with E-state index in [0.29, 0.717) is 11.3 Å². The number of Topliss-reactive ketones (excluding diaryl/α,β-unsaturated/α-hetero) is 1. The van der Waals surface area contributed by atoms with Gasteiger partial charge in [0.15, 0.2) is 5.78 Å². The van der Waals surface area contributed by atoms with Crippen LogP contribution in [0.25, 0.3) is 0 Å². The summed E-state index contributed by atoms with van der Waals surface area (Å²) in [5.41, 5.74) is 0. The molecule has 1 aromatic rings. The average molecular weight is 269 g/mol. The molecular formula is C13H19NO3S. The van der Waals surface area contributed by atoms with Crippen LogP contribution in [0.4, 0.5) is 0 Å². The molecule has 1 aromatic heterocycles. The fourth-order valence-corrected chi connectivity index (χ4v) is 2.36. The van der Waals surface area contributed by atoms with E-state index in [1.54, 1.807) is 6.07 Å². The molecule has 18 heavy (non-hydrogen) atoms. The predicted octanol–water partition coefficient (Wildman–Crippen LogP) is 2.55. The summed E-state index contributed by atoms with van der Waals surface area (Å²) >= 11 is 1.40. The summed E-state index contributed by atoms with van der Waals surface area (Å²) in [5, 5.41) is 13.7. The maximum atomic E-state index is 12.2. The average Bonchev–Trinajstić information content (AvgIpc) is 2.86. The molecule has 0 spiro atoms. The van der Waals surface area contributed by atoms with Crippen molar-refractivity contribution in [2.45, 2.75) is 38.6 Å². The topological polar surface area (TPSA) is 66.4 Å². The summed E-state index contributed by atoms with van der Waals surface area (Å²) in [4.78, 5) is 23.5. The molecule has 0 amide bonds. The van der Waals surface area contributed by atoms with Crippen molar-refractivity contribution in [2.24, 2.45) is 0 Å². The van der Waals surface area contributed by atoms with Gasteiger partial charge in [-0.05, 0) is 30.8 Å². The van der Waals surface area contributed by atoms with Crippen LogP contribution in [0.3, 0.4) is 0 Å². The molecule has 1 rings (SSSR count). The van der Waals surface area contributed by atoms with Crippen LogP contribution in [0.5, 0.6) is 0 Å². The highest BCUT2D eigenvalue weighted by molar-refractivity contribution is 7.12. The van der Waals surface area contributed by atoms with Crippen molar-refractivity contribution < 1.29 is 14.7 Å². The molecule has 100 valence electrons. The van der Waals surface area contributed by atoms with Crippen molar-refractivity contribution in [3.8, 4) is 0 Å². The highest BCUT2D eigenvalue weighted by Crippen LogP contribution is 2.14. The highest BCUT2D eigenvalue weighted by Gasteiger charge is 2.20. The number of hydrogen-bond donors (Lipinski definition) is 2. The second kappa shape index (κ2) is 8.00. The van der Waals surface area contributed by atoms with Gasteiger partial charge >= 0.3 is 5.97 Å².